The Labute approximate surface area is 280 Å². The van der Waals surface area contributed by atoms with Crippen molar-refractivity contribution in [1.82, 2.24) is 24.5 Å². The Morgan fingerprint density at radius 1 is 0.500 bits per heavy atom. The Balaban J connectivity index is 1.33. The molecule has 0 aliphatic rings. The molecule has 0 amide bonds. The largest absolute Gasteiger partial charge is 0.278 e. The standard InChI is InChI=1S/C40H25N5S/c1-3-11-26(12-4-1)27-19-21-28(22-20-27)37-42-38(30-23-24-33-36(25-30)46-39(41-33)29-13-5-2-6-14-29)44-40(43-37)45-34-17-9-7-15-31(34)32-16-8-10-18-35(32)45/h1-25H/i7D,8D,9D,10D,15D,16D,17D,18D. The van der Waals surface area contributed by atoms with Crippen molar-refractivity contribution in [3.05, 3.63) is 151 Å². The summed E-state index contributed by atoms with van der Waals surface area (Å²) >= 11 is 1.52. The number of fused-ring (bicyclic) bond motifs is 4. The Hall–Kier alpha value is -5.98. The molecule has 6 heteroatoms. The average Bonchev–Trinajstić information content (AvgIpc) is 3.81. The van der Waals surface area contributed by atoms with Crippen molar-refractivity contribution in [1.29, 1.82) is 0 Å². The minimum atomic E-state index is -0.526. The molecule has 46 heavy (non-hydrogen) atoms. The minimum absolute atomic E-state index is 0.0572. The lowest BCUT2D eigenvalue weighted by Gasteiger charge is -2.11. The highest BCUT2D eigenvalue weighted by atomic mass is 32.1. The minimum Gasteiger partial charge on any atom is -0.278 e. The van der Waals surface area contributed by atoms with Gasteiger partial charge in [-0.15, -0.1) is 11.3 Å². The molecule has 9 aromatic rings. The van der Waals surface area contributed by atoms with Crippen molar-refractivity contribution in [2.24, 2.45) is 0 Å². The van der Waals surface area contributed by atoms with E-state index in [9.17, 15) is 0 Å². The number of rotatable bonds is 5. The number of hydrogen-bond acceptors (Lipinski definition) is 5. The molecule has 0 N–H and O–H groups in total. The van der Waals surface area contributed by atoms with Crippen molar-refractivity contribution >= 4 is 43.4 Å². The molecule has 0 atom stereocenters. The molecular weight excluding hydrogens is 583 g/mol. The van der Waals surface area contributed by atoms with E-state index in [1.165, 1.54) is 15.9 Å². The lowest BCUT2D eigenvalue weighted by atomic mass is 10.0. The Bertz CT molecular complexity index is 2890. The molecule has 9 rings (SSSR count). The maximum Gasteiger partial charge on any atom is 0.238 e. The fourth-order valence-electron chi connectivity index (χ4n) is 5.55. The summed E-state index contributed by atoms with van der Waals surface area (Å²) in [5, 5.41) is 0.739. The quantitative estimate of drug-likeness (QED) is 0.193. The molecule has 0 aliphatic carbocycles. The van der Waals surface area contributed by atoms with Crippen molar-refractivity contribution in [3.63, 3.8) is 0 Å². The van der Waals surface area contributed by atoms with Crippen molar-refractivity contribution in [3.8, 4) is 50.4 Å². The second-order valence-electron chi connectivity index (χ2n) is 10.6. The number of hydrogen-bond donors (Lipinski definition) is 0. The van der Waals surface area contributed by atoms with E-state index in [1.807, 2.05) is 103 Å². The third kappa shape index (κ3) is 4.55. The highest BCUT2D eigenvalue weighted by Gasteiger charge is 2.18. The lowest BCUT2D eigenvalue weighted by Crippen LogP contribution is -2.06. The Morgan fingerprint density at radius 2 is 1.04 bits per heavy atom. The summed E-state index contributed by atoms with van der Waals surface area (Å²) in [6, 6.07) is 29.3. The topological polar surface area (TPSA) is 56.5 Å². The first-order valence-corrected chi connectivity index (χ1v) is 15.3. The van der Waals surface area contributed by atoms with Gasteiger partial charge in [0.05, 0.1) is 32.2 Å². The van der Waals surface area contributed by atoms with Gasteiger partial charge in [-0.25, -0.2) is 9.97 Å². The molecule has 216 valence electrons. The van der Waals surface area contributed by atoms with Gasteiger partial charge in [0.1, 0.15) is 5.01 Å². The van der Waals surface area contributed by atoms with Gasteiger partial charge in [-0.2, -0.15) is 9.97 Å². The second kappa shape index (κ2) is 10.9. The van der Waals surface area contributed by atoms with Crippen molar-refractivity contribution in [2.45, 2.75) is 0 Å². The van der Waals surface area contributed by atoms with E-state index in [0.717, 1.165) is 31.9 Å². The van der Waals surface area contributed by atoms with Crippen LogP contribution < -0.4 is 0 Å². The molecule has 0 fully saturated rings. The maximum atomic E-state index is 9.00. The predicted octanol–water partition coefficient (Wildman–Crippen LogP) is 10.2. The second-order valence-corrected chi connectivity index (χ2v) is 11.6. The van der Waals surface area contributed by atoms with Gasteiger partial charge < -0.3 is 0 Å². The van der Waals surface area contributed by atoms with E-state index in [-0.39, 0.29) is 39.4 Å². The SMILES string of the molecule is [2H]c1c([2H])c([2H])c2c(c1[2H])c1c([2H])c([2H])c([2H])c([2H])c1n2-c1nc(-c2ccc(-c3ccccc3)cc2)nc(-c2ccc3nc(-c4ccccc4)sc3c2)n1. The van der Waals surface area contributed by atoms with Gasteiger partial charge in [-0.3, -0.25) is 4.57 Å². The number of aromatic nitrogens is 5. The van der Waals surface area contributed by atoms with Gasteiger partial charge in [0.25, 0.3) is 0 Å². The van der Waals surface area contributed by atoms with E-state index >= 15 is 0 Å². The van der Waals surface area contributed by atoms with Crippen LogP contribution in [0.1, 0.15) is 11.0 Å². The van der Waals surface area contributed by atoms with Gasteiger partial charge in [-0.1, -0.05) is 121 Å². The molecule has 0 saturated carbocycles. The first kappa shape index (κ1) is 19.4. The Kier molecular flexibility index (Phi) is 4.59. The molecule has 3 heterocycles. The molecule has 0 spiro atoms. The van der Waals surface area contributed by atoms with Crippen LogP contribution in [0.4, 0.5) is 0 Å². The monoisotopic (exact) mass is 615 g/mol. The molecule has 0 radical (unpaired) electrons. The van der Waals surface area contributed by atoms with Crippen molar-refractivity contribution < 1.29 is 11.0 Å². The molecule has 5 nitrogen and oxygen atoms in total. The molecule has 3 aromatic heterocycles. The van der Waals surface area contributed by atoms with Gasteiger partial charge in [-0.05, 0) is 41.4 Å². The number of nitrogens with zero attached hydrogens (tertiary/aromatic N) is 5. The zero-order valence-electron chi connectivity index (χ0n) is 32.0. The molecule has 0 aliphatic heterocycles. The lowest BCUT2D eigenvalue weighted by molar-refractivity contribution is 0.954. The smallest absolute Gasteiger partial charge is 0.238 e. The summed E-state index contributed by atoms with van der Waals surface area (Å²) in [5.74, 6) is 0.419. The number of para-hydroxylation sites is 2. The molecule has 0 saturated heterocycles. The summed E-state index contributed by atoms with van der Waals surface area (Å²) in [4.78, 5) is 19.5. The predicted molar refractivity (Wildman–Crippen MR) is 189 cm³/mol. The summed E-state index contributed by atoms with van der Waals surface area (Å²) < 4.78 is 71.8. The summed E-state index contributed by atoms with van der Waals surface area (Å²) in [6.45, 7) is 0. The van der Waals surface area contributed by atoms with Crippen LogP contribution in [0.2, 0.25) is 0 Å². The summed E-state index contributed by atoms with van der Waals surface area (Å²) in [5.41, 5.74) is 4.91. The molecule has 0 unspecified atom stereocenters. The number of thiazole rings is 1. The normalized spacial score (nSPS) is 13.9. The van der Waals surface area contributed by atoms with E-state index in [4.69, 9.17) is 30.9 Å². The van der Waals surface area contributed by atoms with Gasteiger partial charge >= 0.3 is 0 Å². The van der Waals surface area contributed by atoms with Crippen LogP contribution in [0, 0.1) is 0 Å². The third-order valence-electron chi connectivity index (χ3n) is 7.77. The van der Waals surface area contributed by atoms with Crippen LogP contribution in [0.25, 0.3) is 82.4 Å². The fourth-order valence-corrected chi connectivity index (χ4v) is 6.56. The van der Waals surface area contributed by atoms with E-state index in [0.29, 0.717) is 11.1 Å². The average molecular weight is 616 g/mol. The Morgan fingerprint density at radius 3 is 1.72 bits per heavy atom. The highest BCUT2D eigenvalue weighted by Crippen LogP contribution is 2.35. The van der Waals surface area contributed by atoms with Crippen molar-refractivity contribution in [2.75, 3.05) is 0 Å². The van der Waals surface area contributed by atoms with E-state index in [2.05, 4.69) is 0 Å². The molecule has 0 bridgehead atoms. The van der Waals surface area contributed by atoms with Crippen LogP contribution in [0.5, 0.6) is 0 Å². The first-order chi connectivity index (χ1) is 26.1. The zero-order valence-corrected chi connectivity index (χ0v) is 24.8. The van der Waals surface area contributed by atoms with Crippen LogP contribution >= 0.6 is 11.3 Å². The van der Waals surface area contributed by atoms with Gasteiger partial charge in [0.15, 0.2) is 11.6 Å². The van der Waals surface area contributed by atoms with Gasteiger partial charge in [0, 0.05) is 27.5 Å². The maximum absolute atomic E-state index is 9.00. The van der Waals surface area contributed by atoms with Crippen LogP contribution in [-0.4, -0.2) is 24.5 Å². The van der Waals surface area contributed by atoms with Crippen LogP contribution in [-0.2, 0) is 0 Å². The zero-order chi connectivity index (χ0) is 37.4. The molecule has 6 aromatic carbocycles. The summed E-state index contributed by atoms with van der Waals surface area (Å²) in [6.07, 6.45) is 0. The molecular formula is C40H25N5S. The highest BCUT2D eigenvalue weighted by molar-refractivity contribution is 7.21. The van der Waals surface area contributed by atoms with Crippen LogP contribution in [0.15, 0.2) is 151 Å². The van der Waals surface area contributed by atoms with E-state index < -0.39 is 48.3 Å². The van der Waals surface area contributed by atoms with E-state index in [1.54, 1.807) is 0 Å². The fraction of sp³-hybridized carbons (Fsp3) is 0. The van der Waals surface area contributed by atoms with Crippen LogP contribution in [0.3, 0.4) is 0 Å². The van der Waals surface area contributed by atoms with Gasteiger partial charge in [0.2, 0.25) is 5.95 Å². The third-order valence-corrected chi connectivity index (χ3v) is 8.84. The number of benzene rings is 6. The summed E-state index contributed by atoms with van der Waals surface area (Å²) in [7, 11) is 0. The first-order valence-electron chi connectivity index (χ1n) is 18.5.